The van der Waals surface area contributed by atoms with E-state index in [0.717, 1.165) is 21.5 Å². The number of halogens is 1. The quantitative estimate of drug-likeness (QED) is 0.758. The molecule has 0 atom stereocenters. The molecule has 0 aromatic heterocycles. The van der Waals surface area contributed by atoms with Gasteiger partial charge < -0.3 is 19.9 Å². The van der Waals surface area contributed by atoms with Crippen molar-refractivity contribution >= 4 is 39.1 Å². The molecule has 1 saturated heterocycles. The smallest absolute Gasteiger partial charge is 0.313 e. The topological polar surface area (TPSA) is 61.9 Å². The highest BCUT2D eigenvalue weighted by Gasteiger charge is 2.27. The van der Waals surface area contributed by atoms with Gasteiger partial charge in [-0.3, -0.25) is 9.59 Å². The molecule has 0 aliphatic carbocycles. The highest BCUT2D eigenvalue weighted by Crippen LogP contribution is 2.28. The monoisotopic (exact) mass is 431 g/mol. The minimum Gasteiger partial charge on any atom is -0.495 e. The Labute approximate surface area is 167 Å². The Bertz CT molecular complexity index is 848. The lowest BCUT2D eigenvalue weighted by Crippen LogP contribution is -2.51. The van der Waals surface area contributed by atoms with Crippen LogP contribution in [-0.2, 0) is 9.59 Å². The van der Waals surface area contributed by atoms with Gasteiger partial charge in [-0.1, -0.05) is 28.1 Å². The molecule has 0 unspecified atom stereocenters. The van der Waals surface area contributed by atoms with Gasteiger partial charge >= 0.3 is 11.8 Å². The second-order valence-corrected chi connectivity index (χ2v) is 7.22. The highest BCUT2D eigenvalue weighted by molar-refractivity contribution is 9.10. The minimum atomic E-state index is -0.609. The maximum atomic E-state index is 12.5. The van der Waals surface area contributed by atoms with E-state index in [9.17, 15) is 9.59 Å². The summed E-state index contributed by atoms with van der Waals surface area (Å²) in [5.74, 6) is -0.307. The lowest BCUT2D eigenvalue weighted by molar-refractivity contribution is -0.143. The summed E-state index contributed by atoms with van der Waals surface area (Å²) in [7, 11) is 1.65. The summed E-state index contributed by atoms with van der Waals surface area (Å²) in [5, 5.41) is 2.68. The average Bonchev–Trinajstić information content (AvgIpc) is 2.70. The van der Waals surface area contributed by atoms with Crippen molar-refractivity contribution in [2.24, 2.45) is 0 Å². The van der Waals surface area contributed by atoms with Gasteiger partial charge in [0.2, 0.25) is 0 Å². The number of nitrogens with zero attached hydrogens (tertiary/aromatic N) is 2. The molecule has 3 rings (SSSR count). The minimum absolute atomic E-state index is 0.490. The van der Waals surface area contributed by atoms with Crippen molar-refractivity contribution in [3.8, 4) is 5.75 Å². The van der Waals surface area contributed by atoms with Gasteiger partial charge in [0, 0.05) is 36.3 Å². The van der Waals surface area contributed by atoms with Gasteiger partial charge in [-0.15, -0.1) is 0 Å². The van der Waals surface area contributed by atoms with Gasteiger partial charge in [-0.05, 0) is 42.8 Å². The predicted octanol–water partition coefficient (Wildman–Crippen LogP) is 3.05. The fourth-order valence-electron chi connectivity index (χ4n) is 3.09. The summed E-state index contributed by atoms with van der Waals surface area (Å²) in [5.41, 5.74) is 2.61. The number of anilines is 2. The highest BCUT2D eigenvalue weighted by atomic mass is 79.9. The first kappa shape index (κ1) is 19.2. The zero-order valence-electron chi connectivity index (χ0n) is 15.4. The Kier molecular flexibility index (Phi) is 6.01. The van der Waals surface area contributed by atoms with Crippen molar-refractivity contribution in [3.05, 3.63) is 52.5 Å². The predicted molar refractivity (Wildman–Crippen MR) is 109 cm³/mol. The summed E-state index contributed by atoms with van der Waals surface area (Å²) in [6.07, 6.45) is 0. The number of hydrogen-bond acceptors (Lipinski definition) is 4. The molecule has 6 nitrogen and oxygen atoms in total. The number of nitrogens with one attached hydrogen (secondary N) is 1. The number of hydrogen-bond donors (Lipinski definition) is 1. The van der Waals surface area contributed by atoms with Crippen LogP contribution in [0.5, 0.6) is 5.75 Å². The number of carbonyl (C=O) groups is 2. The molecule has 0 bridgehead atoms. The molecule has 1 fully saturated rings. The molecule has 0 radical (unpaired) electrons. The van der Waals surface area contributed by atoms with Gasteiger partial charge in [-0.25, -0.2) is 0 Å². The number of para-hydroxylation sites is 2. The van der Waals surface area contributed by atoms with Gasteiger partial charge in [0.15, 0.2) is 0 Å². The summed E-state index contributed by atoms with van der Waals surface area (Å²) in [4.78, 5) is 28.5. The van der Waals surface area contributed by atoms with E-state index in [1.54, 1.807) is 18.1 Å². The van der Waals surface area contributed by atoms with Crippen LogP contribution in [-0.4, -0.2) is 50.0 Å². The fraction of sp³-hybridized carbons (Fsp3) is 0.300. The summed E-state index contributed by atoms with van der Waals surface area (Å²) >= 11 is 3.42. The molecule has 1 aliphatic rings. The fourth-order valence-corrected chi connectivity index (χ4v) is 3.34. The van der Waals surface area contributed by atoms with Crippen molar-refractivity contribution in [2.75, 3.05) is 43.5 Å². The van der Waals surface area contributed by atoms with Crippen molar-refractivity contribution in [1.82, 2.24) is 4.90 Å². The van der Waals surface area contributed by atoms with Gasteiger partial charge in [0.25, 0.3) is 0 Å². The average molecular weight is 432 g/mol. The van der Waals surface area contributed by atoms with Crippen LogP contribution in [0.3, 0.4) is 0 Å². The molecule has 27 heavy (non-hydrogen) atoms. The molecule has 142 valence electrons. The first-order chi connectivity index (χ1) is 13.0. The number of ether oxygens (including phenoxy) is 1. The molecule has 0 spiro atoms. The number of carbonyl (C=O) groups excluding carboxylic acids is 2. The molecule has 7 heteroatoms. The molecular weight excluding hydrogens is 410 g/mol. The van der Waals surface area contributed by atoms with E-state index < -0.39 is 11.8 Å². The third kappa shape index (κ3) is 4.42. The van der Waals surface area contributed by atoms with Gasteiger partial charge in [0.1, 0.15) is 5.75 Å². The second-order valence-electron chi connectivity index (χ2n) is 6.37. The van der Waals surface area contributed by atoms with Crippen LogP contribution in [0.15, 0.2) is 46.9 Å². The Morgan fingerprint density at radius 2 is 1.78 bits per heavy atom. The van der Waals surface area contributed by atoms with Crippen LogP contribution < -0.4 is 15.0 Å². The molecule has 2 aromatic carbocycles. The maximum absolute atomic E-state index is 12.5. The molecule has 1 N–H and O–H groups in total. The normalized spacial score (nSPS) is 14.0. The van der Waals surface area contributed by atoms with Gasteiger partial charge in [0.05, 0.1) is 12.8 Å². The summed E-state index contributed by atoms with van der Waals surface area (Å²) < 4.78 is 6.36. The van der Waals surface area contributed by atoms with E-state index in [1.165, 1.54) is 0 Å². The Hall–Kier alpha value is -2.54. The maximum Gasteiger partial charge on any atom is 0.313 e. The molecule has 2 aromatic rings. The largest absolute Gasteiger partial charge is 0.495 e. The third-order valence-corrected chi connectivity index (χ3v) is 5.49. The van der Waals surface area contributed by atoms with Crippen LogP contribution in [0.4, 0.5) is 11.4 Å². The molecule has 1 heterocycles. The number of rotatable bonds is 3. The first-order valence-electron chi connectivity index (χ1n) is 8.74. The SMILES string of the molecule is COc1ccccc1N1CCN(C(=O)C(=O)Nc2ccc(Br)c(C)c2)CC1. The number of benzene rings is 2. The van der Waals surface area contributed by atoms with Crippen LogP contribution >= 0.6 is 15.9 Å². The Morgan fingerprint density at radius 3 is 2.44 bits per heavy atom. The Morgan fingerprint density at radius 1 is 1.07 bits per heavy atom. The van der Waals surface area contributed by atoms with E-state index in [4.69, 9.17) is 4.74 Å². The van der Waals surface area contributed by atoms with Crippen molar-refractivity contribution in [1.29, 1.82) is 0 Å². The van der Waals surface area contributed by atoms with E-state index >= 15 is 0 Å². The molecule has 2 amide bonds. The van der Waals surface area contributed by atoms with Crippen LogP contribution in [0, 0.1) is 6.92 Å². The summed E-state index contributed by atoms with van der Waals surface area (Å²) in [6, 6.07) is 13.2. The van der Waals surface area contributed by atoms with Crippen LogP contribution in [0.25, 0.3) is 0 Å². The molecular formula is C20H22BrN3O3. The van der Waals surface area contributed by atoms with Crippen LogP contribution in [0.1, 0.15) is 5.56 Å². The lowest BCUT2D eigenvalue weighted by atomic mass is 10.2. The van der Waals surface area contributed by atoms with Crippen molar-refractivity contribution < 1.29 is 14.3 Å². The number of piperazine rings is 1. The zero-order chi connectivity index (χ0) is 19.4. The number of aryl methyl sites for hydroxylation is 1. The van der Waals surface area contributed by atoms with Crippen molar-refractivity contribution in [2.45, 2.75) is 6.92 Å². The number of methoxy groups -OCH3 is 1. The van der Waals surface area contributed by atoms with Gasteiger partial charge in [-0.2, -0.15) is 0 Å². The van der Waals surface area contributed by atoms with Crippen molar-refractivity contribution in [3.63, 3.8) is 0 Å². The van der Waals surface area contributed by atoms with E-state index in [1.807, 2.05) is 43.3 Å². The molecule has 0 saturated carbocycles. The zero-order valence-corrected chi connectivity index (χ0v) is 17.0. The van der Waals surface area contributed by atoms with E-state index in [0.29, 0.717) is 31.9 Å². The van der Waals surface area contributed by atoms with Crippen LogP contribution in [0.2, 0.25) is 0 Å². The first-order valence-corrected chi connectivity index (χ1v) is 9.53. The number of amides is 2. The van der Waals surface area contributed by atoms with E-state index in [-0.39, 0.29) is 0 Å². The second kappa shape index (κ2) is 8.43. The summed E-state index contributed by atoms with van der Waals surface area (Å²) in [6.45, 7) is 4.21. The third-order valence-electron chi connectivity index (χ3n) is 4.60. The lowest BCUT2D eigenvalue weighted by Gasteiger charge is -2.36. The Balaban J connectivity index is 1.59. The molecule has 1 aliphatic heterocycles. The standard InChI is InChI=1S/C20H22BrN3O3/c1-14-13-15(7-8-16(14)21)22-19(25)20(26)24-11-9-23(10-12-24)17-5-3-4-6-18(17)27-2/h3-8,13H,9-12H2,1-2H3,(H,22,25). The van der Waals surface area contributed by atoms with E-state index in [2.05, 4.69) is 26.1 Å².